The normalized spacial score (nSPS) is 10.4. The number of nitrogens with zero attached hydrogens (tertiary/aromatic N) is 1. The molecule has 0 bridgehead atoms. The Hall–Kier alpha value is -0.480. The van der Waals surface area contributed by atoms with E-state index in [0.29, 0.717) is 0 Å². The van der Waals surface area contributed by atoms with Gasteiger partial charge in [-0.25, -0.2) is 0 Å². The Kier molecular flexibility index (Phi) is 4.14. The molecule has 0 atom stereocenters. The van der Waals surface area contributed by atoms with Crippen molar-refractivity contribution in [2.75, 3.05) is 26.7 Å². The molecule has 10 heavy (non-hydrogen) atoms. The minimum absolute atomic E-state index is 0.990. The van der Waals surface area contributed by atoms with E-state index in [1.54, 1.807) is 0 Å². The standard InChI is InChI=1S/C9H18N/c1-5-8-9-10(4,6-2)7-3/h6-7,9H2,1-4H3/q+1. The van der Waals surface area contributed by atoms with E-state index in [1.165, 1.54) is 13.1 Å². The second kappa shape index (κ2) is 4.35. The molecule has 0 heterocycles. The van der Waals surface area contributed by atoms with E-state index in [4.69, 9.17) is 0 Å². The summed E-state index contributed by atoms with van der Waals surface area (Å²) in [6, 6.07) is 0. The van der Waals surface area contributed by atoms with Gasteiger partial charge in [0.15, 0.2) is 0 Å². The fourth-order valence-electron chi connectivity index (χ4n) is 0.717. The fourth-order valence-corrected chi connectivity index (χ4v) is 0.717. The van der Waals surface area contributed by atoms with Gasteiger partial charge in [0.25, 0.3) is 0 Å². The second-order valence-corrected chi connectivity index (χ2v) is 2.84. The van der Waals surface area contributed by atoms with Crippen LogP contribution >= 0.6 is 0 Å². The SMILES string of the molecule is CC#CC[N+](C)(CC)CC. The summed E-state index contributed by atoms with van der Waals surface area (Å²) < 4.78 is 1.07. The van der Waals surface area contributed by atoms with Crippen LogP contribution in [0.15, 0.2) is 0 Å². The highest BCUT2D eigenvalue weighted by Crippen LogP contribution is 1.98. The quantitative estimate of drug-likeness (QED) is 0.411. The monoisotopic (exact) mass is 140 g/mol. The lowest BCUT2D eigenvalue weighted by atomic mass is 10.4. The third-order valence-electron chi connectivity index (χ3n) is 2.16. The first-order valence-corrected chi connectivity index (χ1v) is 3.91. The van der Waals surface area contributed by atoms with E-state index in [0.717, 1.165) is 11.0 Å². The Morgan fingerprint density at radius 2 is 1.70 bits per heavy atom. The molecule has 0 aromatic carbocycles. The van der Waals surface area contributed by atoms with Gasteiger partial charge in [0, 0.05) is 0 Å². The molecule has 0 saturated heterocycles. The van der Waals surface area contributed by atoms with E-state index in [9.17, 15) is 0 Å². The summed E-state index contributed by atoms with van der Waals surface area (Å²) in [5, 5.41) is 0. The van der Waals surface area contributed by atoms with E-state index in [2.05, 4.69) is 32.7 Å². The molecule has 0 radical (unpaired) electrons. The van der Waals surface area contributed by atoms with Gasteiger partial charge in [-0.05, 0) is 26.7 Å². The van der Waals surface area contributed by atoms with E-state index >= 15 is 0 Å². The first-order chi connectivity index (χ1) is 4.68. The van der Waals surface area contributed by atoms with Crippen molar-refractivity contribution >= 4 is 0 Å². The first-order valence-electron chi connectivity index (χ1n) is 3.91. The molecular weight excluding hydrogens is 122 g/mol. The Morgan fingerprint density at radius 1 is 1.20 bits per heavy atom. The van der Waals surface area contributed by atoms with E-state index in [1.807, 2.05) is 6.92 Å². The number of quaternary nitrogens is 1. The van der Waals surface area contributed by atoms with Crippen LogP contribution in [-0.2, 0) is 0 Å². The van der Waals surface area contributed by atoms with Crippen molar-refractivity contribution < 1.29 is 4.48 Å². The summed E-state index contributed by atoms with van der Waals surface area (Å²) in [6.07, 6.45) is 0. The van der Waals surface area contributed by atoms with Gasteiger partial charge in [-0.1, -0.05) is 0 Å². The summed E-state index contributed by atoms with van der Waals surface area (Å²) in [5.41, 5.74) is 0. The van der Waals surface area contributed by atoms with Crippen LogP contribution in [0.3, 0.4) is 0 Å². The zero-order chi connectivity index (χ0) is 8.04. The molecule has 0 aliphatic rings. The van der Waals surface area contributed by atoms with Crippen LogP contribution < -0.4 is 0 Å². The minimum atomic E-state index is 0.990. The molecule has 0 aromatic heterocycles. The van der Waals surface area contributed by atoms with Gasteiger partial charge in [-0.15, -0.1) is 5.92 Å². The largest absolute Gasteiger partial charge is 0.316 e. The van der Waals surface area contributed by atoms with Gasteiger partial charge in [-0.2, -0.15) is 0 Å². The number of hydrogen-bond donors (Lipinski definition) is 0. The van der Waals surface area contributed by atoms with Gasteiger partial charge >= 0.3 is 0 Å². The van der Waals surface area contributed by atoms with Gasteiger partial charge in [0.05, 0.1) is 20.1 Å². The number of hydrogen-bond acceptors (Lipinski definition) is 0. The molecule has 0 amide bonds. The van der Waals surface area contributed by atoms with E-state index < -0.39 is 0 Å². The predicted octanol–water partition coefficient (Wildman–Crippen LogP) is 1.50. The minimum Gasteiger partial charge on any atom is -0.316 e. The second-order valence-electron chi connectivity index (χ2n) is 2.84. The van der Waals surface area contributed by atoms with Crippen LogP contribution in [0, 0.1) is 11.8 Å². The molecule has 0 aliphatic heterocycles. The summed E-state index contributed by atoms with van der Waals surface area (Å²) in [4.78, 5) is 0. The zero-order valence-corrected chi connectivity index (χ0v) is 7.57. The van der Waals surface area contributed by atoms with Crippen molar-refractivity contribution in [3.05, 3.63) is 0 Å². The lowest BCUT2D eigenvalue weighted by molar-refractivity contribution is -0.899. The summed E-state index contributed by atoms with van der Waals surface area (Å²) in [5.74, 6) is 6.04. The van der Waals surface area contributed by atoms with Crippen molar-refractivity contribution in [3.63, 3.8) is 0 Å². The molecule has 0 rings (SSSR count). The molecule has 0 saturated carbocycles. The third-order valence-corrected chi connectivity index (χ3v) is 2.16. The van der Waals surface area contributed by atoms with Gasteiger partial charge in [0.1, 0.15) is 6.54 Å². The lowest BCUT2D eigenvalue weighted by Crippen LogP contribution is -2.43. The number of rotatable bonds is 3. The first kappa shape index (κ1) is 9.52. The Balaban J connectivity index is 3.88. The van der Waals surface area contributed by atoms with Crippen molar-refractivity contribution in [3.8, 4) is 11.8 Å². The molecule has 0 aromatic rings. The van der Waals surface area contributed by atoms with Gasteiger partial charge < -0.3 is 4.48 Å². The van der Waals surface area contributed by atoms with Gasteiger partial charge in [-0.3, -0.25) is 0 Å². The van der Waals surface area contributed by atoms with Crippen molar-refractivity contribution in [2.24, 2.45) is 0 Å². The highest BCUT2D eigenvalue weighted by Gasteiger charge is 2.12. The zero-order valence-electron chi connectivity index (χ0n) is 7.57. The van der Waals surface area contributed by atoms with E-state index in [-0.39, 0.29) is 0 Å². The lowest BCUT2D eigenvalue weighted by Gasteiger charge is -2.29. The third kappa shape index (κ3) is 2.89. The molecular formula is C9H18N+. The van der Waals surface area contributed by atoms with Crippen LogP contribution in [0.2, 0.25) is 0 Å². The van der Waals surface area contributed by atoms with Crippen LogP contribution in [0.4, 0.5) is 0 Å². The fraction of sp³-hybridized carbons (Fsp3) is 0.778. The van der Waals surface area contributed by atoms with Crippen molar-refractivity contribution in [1.82, 2.24) is 0 Å². The van der Waals surface area contributed by atoms with Crippen LogP contribution in [0.5, 0.6) is 0 Å². The molecule has 0 N–H and O–H groups in total. The average molecular weight is 140 g/mol. The highest BCUT2D eigenvalue weighted by atomic mass is 15.3. The smallest absolute Gasteiger partial charge is 0.140 e. The molecule has 0 aliphatic carbocycles. The molecule has 1 nitrogen and oxygen atoms in total. The Labute approximate surface area is 64.6 Å². The summed E-state index contributed by atoms with van der Waals surface area (Å²) in [7, 11) is 2.24. The predicted molar refractivity (Wildman–Crippen MR) is 45.6 cm³/mol. The maximum absolute atomic E-state index is 3.11. The molecule has 0 unspecified atom stereocenters. The maximum atomic E-state index is 3.11. The molecule has 58 valence electrons. The van der Waals surface area contributed by atoms with Crippen LogP contribution in [-0.4, -0.2) is 31.2 Å². The van der Waals surface area contributed by atoms with Crippen molar-refractivity contribution in [1.29, 1.82) is 0 Å². The maximum Gasteiger partial charge on any atom is 0.140 e. The Bertz CT molecular complexity index is 135. The summed E-state index contributed by atoms with van der Waals surface area (Å²) in [6.45, 7) is 9.65. The van der Waals surface area contributed by atoms with Crippen molar-refractivity contribution in [2.45, 2.75) is 20.8 Å². The summed E-state index contributed by atoms with van der Waals surface area (Å²) >= 11 is 0. The average Bonchev–Trinajstić information content (AvgIpc) is 2.00. The molecule has 0 spiro atoms. The molecule has 0 fully saturated rings. The van der Waals surface area contributed by atoms with Gasteiger partial charge in [0.2, 0.25) is 0 Å². The highest BCUT2D eigenvalue weighted by molar-refractivity contribution is 4.94. The van der Waals surface area contributed by atoms with Crippen LogP contribution in [0.25, 0.3) is 0 Å². The van der Waals surface area contributed by atoms with Crippen LogP contribution in [0.1, 0.15) is 20.8 Å². The Morgan fingerprint density at radius 3 is 2.00 bits per heavy atom. The molecule has 1 heteroatoms. The topological polar surface area (TPSA) is 0 Å².